The summed E-state index contributed by atoms with van der Waals surface area (Å²) in [7, 11) is -2.73. The van der Waals surface area contributed by atoms with E-state index in [4.69, 9.17) is 4.74 Å². The summed E-state index contributed by atoms with van der Waals surface area (Å²) >= 11 is 1.35. The summed E-state index contributed by atoms with van der Waals surface area (Å²) in [6, 6.07) is 0.257. The van der Waals surface area contributed by atoms with Crippen LogP contribution in [0.1, 0.15) is 79.1 Å². The number of likely N-dealkylation sites (tertiary alicyclic amines) is 1. The molecule has 3 heterocycles. The van der Waals surface area contributed by atoms with Crippen LogP contribution in [0, 0.1) is 11.8 Å². The van der Waals surface area contributed by atoms with Crippen LogP contribution in [-0.4, -0.2) is 128 Å². The molecule has 3 saturated heterocycles. The number of piperidine rings is 1. The summed E-state index contributed by atoms with van der Waals surface area (Å²) in [5, 5.41) is 11.9. The zero-order valence-corrected chi connectivity index (χ0v) is 31.9. The Morgan fingerprint density at radius 3 is 2.18 bits per heavy atom. The maximum absolute atomic E-state index is 16.0. The van der Waals surface area contributed by atoms with Crippen molar-refractivity contribution >= 4 is 27.5 Å². The number of hydrogen-bond acceptors (Lipinski definition) is 11. The quantitative estimate of drug-likeness (QED) is 0.164. The van der Waals surface area contributed by atoms with Gasteiger partial charge in [0.05, 0.1) is 28.5 Å². The number of carbonyl (C=O) groups excluding carboxylic acids is 1. The largest absolute Gasteiger partial charge is 0.375 e. The Kier molecular flexibility index (Phi) is 14.0. The van der Waals surface area contributed by atoms with Gasteiger partial charge in [-0.3, -0.25) is 31.1 Å². The summed E-state index contributed by atoms with van der Waals surface area (Å²) in [5.41, 5.74) is 6.05. The molecular formula is C33H58F5N7O4S2. The van der Waals surface area contributed by atoms with Gasteiger partial charge in [0.15, 0.2) is 9.84 Å². The molecule has 51 heavy (non-hydrogen) atoms. The lowest BCUT2D eigenvalue weighted by molar-refractivity contribution is -0.119. The second-order valence-corrected chi connectivity index (χ2v) is 19.8. The number of nitrogens with one attached hydrogen (secondary N) is 6. The molecular weight excluding hydrogens is 718 g/mol. The second-order valence-electron chi connectivity index (χ2n) is 15.7. The number of hydrogen-bond donors (Lipinski definition) is 6. The van der Waals surface area contributed by atoms with Gasteiger partial charge in [0.1, 0.15) is 42.5 Å². The highest BCUT2D eigenvalue weighted by molar-refractivity contribution is 8.00. The highest BCUT2D eigenvalue weighted by Gasteiger charge is 2.59. The molecule has 0 aromatic carbocycles. The average Bonchev–Trinajstić information content (AvgIpc) is 3.48. The Balaban J connectivity index is 1.25. The van der Waals surface area contributed by atoms with Crippen LogP contribution in [0.5, 0.6) is 0 Å². The van der Waals surface area contributed by atoms with Crippen LogP contribution < -0.4 is 32.1 Å². The van der Waals surface area contributed by atoms with Crippen molar-refractivity contribution in [3.8, 4) is 0 Å². The minimum absolute atomic E-state index is 0.0379. The number of alkyl halides is 5. The highest BCUT2D eigenvalue weighted by atomic mass is 32.2. The van der Waals surface area contributed by atoms with E-state index in [-0.39, 0.29) is 55.8 Å². The van der Waals surface area contributed by atoms with Crippen LogP contribution in [0.3, 0.4) is 0 Å². The minimum Gasteiger partial charge on any atom is -0.375 e. The van der Waals surface area contributed by atoms with E-state index in [2.05, 4.69) is 43.9 Å². The smallest absolute Gasteiger partial charge is 0.216 e. The molecule has 18 heteroatoms. The van der Waals surface area contributed by atoms with Crippen molar-refractivity contribution in [1.29, 1.82) is 0 Å². The molecule has 0 spiro atoms. The van der Waals surface area contributed by atoms with Crippen LogP contribution in [0.25, 0.3) is 0 Å². The third-order valence-corrected chi connectivity index (χ3v) is 16.3. The lowest BCUT2D eigenvalue weighted by Crippen LogP contribution is -2.75. The number of amides is 1. The van der Waals surface area contributed by atoms with E-state index in [0.717, 1.165) is 52.6 Å². The van der Waals surface area contributed by atoms with E-state index in [1.54, 1.807) is 7.11 Å². The summed E-state index contributed by atoms with van der Waals surface area (Å²) in [5.74, 6) is -1.59. The van der Waals surface area contributed by atoms with Gasteiger partial charge < -0.3 is 10.1 Å². The van der Waals surface area contributed by atoms with Crippen LogP contribution in [0.4, 0.5) is 22.0 Å². The molecule has 2 aliphatic carbocycles. The highest BCUT2D eigenvalue weighted by Crippen LogP contribution is 2.47. The molecule has 5 aliphatic rings. The van der Waals surface area contributed by atoms with Crippen molar-refractivity contribution in [2.45, 2.75) is 161 Å². The molecule has 0 bridgehead atoms. The molecule has 296 valence electrons. The van der Waals surface area contributed by atoms with E-state index < -0.39 is 73.8 Å². The number of rotatable bonds is 12. The molecule has 5 rings (SSSR count). The molecule has 0 radical (unpaired) electrons. The molecule has 13 atom stereocenters. The number of methoxy groups -OCH3 is 1. The van der Waals surface area contributed by atoms with Crippen molar-refractivity contribution in [2.75, 3.05) is 26.7 Å². The number of halogens is 5. The van der Waals surface area contributed by atoms with Gasteiger partial charge in [-0.2, -0.15) is 0 Å². The zero-order valence-electron chi connectivity index (χ0n) is 30.2. The van der Waals surface area contributed by atoms with Crippen molar-refractivity contribution in [3.05, 3.63) is 0 Å². The van der Waals surface area contributed by atoms with E-state index in [1.165, 1.54) is 18.7 Å². The van der Waals surface area contributed by atoms with E-state index >= 15 is 4.39 Å². The molecule has 3 aliphatic heterocycles. The monoisotopic (exact) mass is 775 g/mol. The molecule has 5 fully saturated rings. The summed E-state index contributed by atoms with van der Waals surface area (Å²) in [4.78, 5) is 13.7. The molecule has 1 amide bonds. The number of sulfone groups is 1. The third-order valence-electron chi connectivity index (χ3n) is 11.8. The van der Waals surface area contributed by atoms with Crippen LogP contribution in [0.15, 0.2) is 0 Å². The predicted octanol–water partition coefficient (Wildman–Crippen LogP) is 2.73. The SMILES string of the molecule is COC1C(NC2CC(C)NN2)NC(SC2CCC(S(=O)(=O)C(C)(C)C3C(F)C(F)CC(F)C3F)CC2F)NC1N1CCC(CCNC(C)=O)CC1. The maximum atomic E-state index is 16.0. The third kappa shape index (κ3) is 9.34. The van der Waals surface area contributed by atoms with Crippen molar-refractivity contribution < 1.29 is 39.9 Å². The molecule has 6 N–H and O–H groups in total. The number of thioether (sulfide) groups is 1. The first kappa shape index (κ1) is 41.3. The van der Waals surface area contributed by atoms with Crippen molar-refractivity contribution in [2.24, 2.45) is 11.8 Å². The van der Waals surface area contributed by atoms with E-state index in [9.17, 15) is 30.8 Å². The van der Waals surface area contributed by atoms with Crippen LogP contribution >= 0.6 is 11.8 Å². The Morgan fingerprint density at radius 2 is 1.61 bits per heavy atom. The lowest BCUT2D eigenvalue weighted by Gasteiger charge is -2.50. The molecule has 0 aromatic rings. The summed E-state index contributed by atoms with van der Waals surface area (Å²) < 4.78 is 106. The van der Waals surface area contributed by atoms with Crippen molar-refractivity contribution in [1.82, 2.24) is 37.0 Å². The molecule has 11 nitrogen and oxygen atoms in total. The summed E-state index contributed by atoms with van der Waals surface area (Å²) in [6.07, 6.45) is -9.48. The Labute approximate surface area is 303 Å². The first-order chi connectivity index (χ1) is 24.0. The second kappa shape index (κ2) is 17.3. The number of hydrazine groups is 1. The summed E-state index contributed by atoms with van der Waals surface area (Å²) in [6.45, 7) is 8.08. The van der Waals surface area contributed by atoms with Crippen LogP contribution in [0.2, 0.25) is 0 Å². The maximum Gasteiger partial charge on any atom is 0.216 e. The fourth-order valence-corrected chi connectivity index (χ4v) is 12.4. The molecule has 2 saturated carbocycles. The van der Waals surface area contributed by atoms with Gasteiger partial charge >= 0.3 is 0 Å². The number of ether oxygens (including phenoxy) is 1. The minimum atomic E-state index is -4.40. The fraction of sp³-hybridized carbons (Fsp3) is 0.970. The lowest BCUT2D eigenvalue weighted by atomic mass is 9.76. The topological polar surface area (TPSA) is 136 Å². The predicted molar refractivity (Wildman–Crippen MR) is 188 cm³/mol. The van der Waals surface area contributed by atoms with Crippen LogP contribution in [-0.2, 0) is 19.4 Å². The van der Waals surface area contributed by atoms with Gasteiger partial charge in [0, 0.05) is 44.2 Å². The zero-order chi connectivity index (χ0) is 37.2. The first-order valence-electron chi connectivity index (χ1n) is 18.4. The average molecular weight is 776 g/mol. The van der Waals surface area contributed by atoms with Gasteiger partial charge in [-0.1, -0.05) is 0 Å². The Morgan fingerprint density at radius 1 is 0.941 bits per heavy atom. The molecule has 0 aromatic heterocycles. The van der Waals surface area contributed by atoms with Gasteiger partial charge in [0.2, 0.25) is 5.91 Å². The Bertz CT molecular complexity index is 1260. The Hall–Kier alpha value is -0.860. The van der Waals surface area contributed by atoms with E-state index in [0.29, 0.717) is 12.5 Å². The van der Waals surface area contributed by atoms with Gasteiger partial charge in [-0.15, -0.1) is 11.8 Å². The normalized spacial score (nSPS) is 42.2. The number of carbonyl (C=O) groups is 1. The van der Waals surface area contributed by atoms with Gasteiger partial charge in [-0.25, -0.2) is 35.8 Å². The number of nitrogens with zero attached hydrogens (tertiary/aromatic N) is 1. The first-order valence-corrected chi connectivity index (χ1v) is 20.9. The van der Waals surface area contributed by atoms with Gasteiger partial charge in [-0.05, 0) is 84.7 Å². The van der Waals surface area contributed by atoms with Gasteiger partial charge in [0.25, 0.3) is 0 Å². The van der Waals surface area contributed by atoms with E-state index in [1.807, 2.05) is 0 Å². The van der Waals surface area contributed by atoms with Crippen molar-refractivity contribution in [3.63, 3.8) is 0 Å². The molecule has 13 unspecified atom stereocenters. The fourth-order valence-electron chi connectivity index (χ4n) is 8.70. The standard InChI is InChI=1S/C33H58F5N7O4S2/c1-17-14-25(44-43-17)40-30-29(49-5)31(45-12-9-19(10-13-45)8-11-39-18(2)46)42-32(41-30)50-24-7-6-20(15-21(24)34)51(47,48)33(3,4)26-27(37)22(35)16-23(36)28(26)38/h17,19-32,40-44H,6-16H2,1-5H3,(H,39,46).